The summed E-state index contributed by atoms with van der Waals surface area (Å²) >= 11 is 0. The minimum absolute atomic E-state index is 0.490. The van der Waals surface area contributed by atoms with Crippen molar-refractivity contribution in [1.29, 1.82) is 0 Å². The molecule has 1 heterocycles. The van der Waals surface area contributed by atoms with Crippen molar-refractivity contribution < 1.29 is 4.74 Å². The van der Waals surface area contributed by atoms with Gasteiger partial charge >= 0.3 is 0 Å². The molecule has 3 nitrogen and oxygen atoms in total. The Hall–Kier alpha value is -1.06. The Morgan fingerprint density at radius 1 is 1.42 bits per heavy atom. The van der Waals surface area contributed by atoms with Crippen LogP contribution < -0.4 is 10.1 Å². The van der Waals surface area contributed by atoms with E-state index < -0.39 is 0 Å². The van der Waals surface area contributed by atoms with E-state index in [9.17, 15) is 0 Å². The number of hydrogen-bond donors (Lipinski definition) is 1. The van der Waals surface area contributed by atoms with E-state index in [4.69, 9.17) is 4.74 Å². The number of benzene rings is 1. The van der Waals surface area contributed by atoms with Crippen LogP contribution in [0.15, 0.2) is 18.2 Å². The molecule has 1 saturated heterocycles. The lowest BCUT2D eigenvalue weighted by atomic mass is 9.90. The molecule has 1 fully saturated rings. The van der Waals surface area contributed by atoms with Crippen LogP contribution >= 0.6 is 0 Å². The fraction of sp³-hybridized carbons (Fsp3) is 0.625. The zero-order chi connectivity index (χ0) is 13.8. The Morgan fingerprint density at radius 3 is 2.74 bits per heavy atom. The van der Waals surface area contributed by atoms with Crippen LogP contribution in [-0.4, -0.2) is 38.7 Å². The molecule has 2 rings (SSSR count). The number of rotatable bonds is 5. The highest BCUT2D eigenvalue weighted by Crippen LogP contribution is 2.33. The highest BCUT2D eigenvalue weighted by atomic mass is 16.5. The second-order valence-corrected chi connectivity index (χ2v) is 5.62. The van der Waals surface area contributed by atoms with E-state index in [-0.39, 0.29) is 0 Å². The molecular weight excluding hydrogens is 236 g/mol. The van der Waals surface area contributed by atoms with Crippen LogP contribution in [0.4, 0.5) is 0 Å². The molecule has 2 unspecified atom stereocenters. The van der Waals surface area contributed by atoms with Crippen LogP contribution in [0, 0.1) is 12.8 Å². The first-order valence-electron chi connectivity index (χ1n) is 7.24. The maximum Gasteiger partial charge on any atom is 0.122 e. The first-order valence-corrected chi connectivity index (χ1v) is 7.24. The molecule has 0 aliphatic carbocycles. The van der Waals surface area contributed by atoms with Crippen LogP contribution in [0.5, 0.6) is 5.75 Å². The average molecular weight is 262 g/mol. The fourth-order valence-electron chi connectivity index (χ4n) is 3.11. The van der Waals surface area contributed by atoms with E-state index in [1.54, 1.807) is 0 Å². The second kappa shape index (κ2) is 6.40. The summed E-state index contributed by atoms with van der Waals surface area (Å²) in [6.07, 6.45) is 1.26. The van der Waals surface area contributed by atoms with E-state index in [2.05, 4.69) is 49.4 Å². The Bertz CT molecular complexity index is 411. The lowest BCUT2D eigenvalue weighted by Crippen LogP contribution is -2.29. The molecule has 2 atom stereocenters. The quantitative estimate of drug-likeness (QED) is 0.883. The molecule has 1 aromatic rings. The van der Waals surface area contributed by atoms with Gasteiger partial charge in [0, 0.05) is 6.04 Å². The van der Waals surface area contributed by atoms with Crippen molar-refractivity contribution in [2.75, 3.05) is 33.8 Å². The van der Waals surface area contributed by atoms with Gasteiger partial charge in [-0.2, -0.15) is 0 Å². The van der Waals surface area contributed by atoms with Crippen molar-refractivity contribution in [2.45, 2.75) is 26.3 Å². The monoisotopic (exact) mass is 262 g/mol. The van der Waals surface area contributed by atoms with Crippen molar-refractivity contribution in [3.8, 4) is 5.75 Å². The summed E-state index contributed by atoms with van der Waals surface area (Å²) in [5, 5.41) is 3.47. The molecule has 0 amide bonds. The zero-order valence-electron chi connectivity index (χ0n) is 12.6. The molecule has 1 N–H and O–H groups in total. The zero-order valence-corrected chi connectivity index (χ0v) is 12.6. The summed E-state index contributed by atoms with van der Waals surface area (Å²) in [6.45, 7) is 7.15. The van der Waals surface area contributed by atoms with Gasteiger partial charge in [-0.15, -0.1) is 0 Å². The van der Waals surface area contributed by atoms with E-state index in [0.717, 1.165) is 25.4 Å². The summed E-state index contributed by atoms with van der Waals surface area (Å²) in [4.78, 5) is 2.34. The van der Waals surface area contributed by atoms with E-state index in [0.29, 0.717) is 12.0 Å². The second-order valence-electron chi connectivity index (χ2n) is 5.62. The lowest BCUT2D eigenvalue weighted by Gasteiger charge is -2.30. The van der Waals surface area contributed by atoms with Crippen LogP contribution in [-0.2, 0) is 0 Å². The Kier molecular flexibility index (Phi) is 4.83. The average Bonchev–Trinajstić information content (AvgIpc) is 2.86. The van der Waals surface area contributed by atoms with Crippen molar-refractivity contribution in [3.63, 3.8) is 0 Å². The SMILES string of the molecule is CCOc1ccc(C(C2CCNC2)N(C)C)cc1C. The van der Waals surface area contributed by atoms with Gasteiger partial charge in [0.25, 0.3) is 0 Å². The highest BCUT2D eigenvalue weighted by Gasteiger charge is 2.28. The van der Waals surface area contributed by atoms with Gasteiger partial charge in [0.2, 0.25) is 0 Å². The minimum Gasteiger partial charge on any atom is -0.494 e. The van der Waals surface area contributed by atoms with E-state index in [1.165, 1.54) is 17.5 Å². The lowest BCUT2D eigenvalue weighted by molar-refractivity contribution is 0.222. The van der Waals surface area contributed by atoms with Crippen molar-refractivity contribution in [3.05, 3.63) is 29.3 Å². The molecule has 1 aliphatic rings. The van der Waals surface area contributed by atoms with Gasteiger partial charge in [-0.25, -0.2) is 0 Å². The molecule has 1 aliphatic heterocycles. The Balaban J connectivity index is 2.24. The van der Waals surface area contributed by atoms with Gasteiger partial charge in [-0.3, -0.25) is 0 Å². The van der Waals surface area contributed by atoms with Gasteiger partial charge in [0.05, 0.1) is 6.61 Å². The first kappa shape index (κ1) is 14.4. The standard InChI is InChI=1S/C16H26N2O/c1-5-19-15-7-6-13(10-12(15)2)16(18(3)4)14-8-9-17-11-14/h6-7,10,14,16-17H,5,8-9,11H2,1-4H3. The predicted octanol–water partition coefficient (Wildman–Crippen LogP) is 2.61. The van der Waals surface area contributed by atoms with Gasteiger partial charge in [-0.05, 0) is 70.6 Å². The van der Waals surface area contributed by atoms with E-state index >= 15 is 0 Å². The summed E-state index contributed by atoms with van der Waals surface area (Å²) in [5.74, 6) is 1.71. The number of nitrogens with one attached hydrogen (secondary N) is 1. The largest absolute Gasteiger partial charge is 0.494 e. The van der Waals surface area contributed by atoms with Gasteiger partial charge in [-0.1, -0.05) is 12.1 Å². The normalized spacial score (nSPS) is 20.8. The summed E-state index contributed by atoms with van der Waals surface area (Å²) in [6, 6.07) is 7.12. The molecule has 1 aromatic carbocycles. The molecule has 106 valence electrons. The molecule has 0 radical (unpaired) electrons. The maximum atomic E-state index is 5.63. The molecule has 0 bridgehead atoms. The smallest absolute Gasteiger partial charge is 0.122 e. The molecule has 19 heavy (non-hydrogen) atoms. The maximum absolute atomic E-state index is 5.63. The molecule has 3 heteroatoms. The van der Waals surface area contributed by atoms with E-state index in [1.807, 2.05) is 6.92 Å². The van der Waals surface area contributed by atoms with Crippen molar-refractivity contribution in [2.24, 2.45) is 5.92 Å². The predicted molar refractivity (Wildman–Crippen MR) is 79.8 cm³/mol. The summed E-state index contributed by atoms with van der Waals surface area (Å²) < 4.78 is 5.63. The first-order chi connectivity index (χ1) is 9.13. The Labute approximate surface area is 116 Å². The number of aryl methyl sites for hydroxylation is 1. The third-order valence-corrected chi connectivity index (χ3v) is 3.94. The van der Waals surface area contributed by atoms with Gasteiger partial charge in [0.15, 0.2) is 0 Å². The topological polar surface area (TPSA) is 24.5 Å². The third-order valence-electron chi connectivity index (χ3n) is 3.94. The molecule has 0 aromatic heterocycles. The highest BCUT2D eigenvalue weighted by molar-refractivity contribution is 5.37. The summed E-state index contributed by atoms with van der Waals surface area (Å²) in [7, 11) is 4.35. The van der Waals surface area contributed by atoms with Gasteiger partial charge in [0.1, 0.15) is 5.75 Å². The van der Waals surface area contributed by atoms with Crippen molar-refractivity contribution >= 4 is 0 Å². The van der Waals surface area contributed by atoms with Crippen molar-refractivity contribution in [1.82, 2.24) is 10.2 Å². The molecular formula is C16H26N2O. The molecule has 0 spiro atoms. The number of nitrogens with zero attached hydrogens (tertiary/aromatic N) is 1. The third kappa shape index (κ3) is 3.28. The Morgan fingerprint density at radius 2 is 2.21 bits per heavy atom. The van der Waals surface area contributed by atoms with Crippen LogP contribution in [0.3, 0.4) is 0 Å². The van der Waals surface area contributed by atoms with Gasteiger partial charge < -0.3 is 15.0 Å². The van der Waals surface area contributed by atoms with Crippen LogP contribution in [0.1, 0.15) is 30.5 Å². The fourth-order valence-corrected chi connectivity index (χ4v) is 3.11. The minimum atomic E-state index is 0.490. The van der Waals surface area contributed by atoms with Crippen LogP contribution in [0.25, 0.3) is 0 Å². The molecule has 0 saturated carbocycles. The van der Waals surface area contributed by atoms with Crippen LogP contribution in [0.2, 0.25) is 0 Å². The number of hydrogen-bond acceptors (Lipinski definition) is 3. The number of ether oxygens (including phenoxy) is 1. The summed E-state index contributed by atoms with van der Waals surface area (Å²) in [5.41, 5.74) is 2.64.